The molecule has 0 aliphatic carbocycles. The van der Waals surface area contributed by atoms with E-state index in [0.29, 0.717) is 28.2 Å². The number of hydrogen-bond donors (Lipinski definition) is 1. The summed E-state index contributed by atoms with van der Waals surface area (Å²) in [6, 6.07) is 6.74. The number of oxime groups is 1. The zero-order chi connectivity index (χ0) is 21.4. The number of carbonyl (C=O) groups excluding carboxylic acids is 1. The van der Waals surface area contributed by atoms with Gasteiger partial charge in [-0.15, -0.1) is 11.3 Å². The second-order valence-corrected chi connectivity index (χ2v) is 6.76. The van der Waals surface area contributed by atoms with E-state index in [9.17, 15) is 18.0 Å². The monoisotopic (exact) mass is 421 g/mol. The number of alkyl halides is 3. The number of amides is 1. The van der Waals surface area contributed by atoms with E-state index in [1.165, 1.54) is 20.2 Å². The van der Waals surface area contributed by atoms with Gasteiger partial charge in [0.25, 0.3) is 5.91 Å². The fourth-order valence-corrected chi connectivity index (χ4v) is 3.20. The Bertz CT molecular complexity index is 976. The average Bonchev–Trinajstić information content (AvgIpc) is 3.08. The Hall–Kier alpha value is -3.20. The van der Waals surface area contributed by atoms with E-state index in [1.807, 2.05) is 0 Å². The highest BCUT2D eigenvalue weighted by Gasteiger charge is 2.39. The van der Waals surface area contributed by atoms with E-state index >= 15 is 0 Å². The topological polar surface area (TPSA) is 63.6 Å². The normalized spacial score (nSPS) is 12.5. The van der Waals surface area contributed by atoms with Crippen molar-refractivity contribution in [3.8, 4) is 0 Å². The fourth-order valence-electron chi connectivity index (χ4n) is 2.37. The van der Waals surface area contributed by atoms with Gasteiger partial charge in [0.05, 0.1) is 11.2 Å². The number of benzene rings is 1. The lowest BCUT2D eigenvalue weighted by molar-refractivity contribution is -0.141. The van der Waals surface area contributed by atoms with Crippen molar-refractivity contribution in [3.05, 3.63) is 76.3 Å². The highest BCUT2D eigenvalue weighted by molar-refractivity contribution is 7.13. The molecule has 29 heavy (non-hydrogen) atoms. The van der Waals surface area contributed by atoms with Gasteiger partial charge in [0.15, 0.2) is 5.69 Å². The smallest absolute Gasteiger partial charge is 0.399 e. The number of nitrogens with zero attached hydrogens (tertiary/aromatic N) is 2. The first-order valence-electron chi connectivity index (χ1n) is 8.29. The lowest BCUT2D eigenvalue weighted by Crippen LogP contribution is -2.17. The minimum absolute atomic E-state index is 0.158. The van der Waals surface area contributed by atoms with Gasteiger partial charge in [0, 0.05) is 11.3 Å². The predicted octanol–water partition coefficient (Wildman–Crippen LogP) is 5.48. The van der Waals surface area contributed by atoms with Gasteiger partial charge in [-0.25, -0.2) is 4.98 Å². The summed E-state index contributed by atoms with van der Waals surface area (Å²) in [5, 5.41) is 6.28. The number of allylic oxidation sites excluding steroid dienone is 5. The molecule has 0 saturated heterocycles. The molecule has 9 heteroatoms. The number of carbonyl (C=O) groups is 1. The molecule has 1 N–H and O–H groups in total. The number of para-hydroxylation sites is 1. The van der Waals surface area contributed by atoms with Crippen molar-refractivity contribution < 1.29 is 22.8 Å². The summed E-state index contributed by atoms with van der Waals surface area (Å²) in [6.45, 7) is 5.17. The van der Waals surface area contributed by atoms with Crippen LogP contribution in [0.5, 0.6) is 0 Å². The van der Waals surface area contributed by atoms with E-state index in [-0.39, 0.29) is 5.01 Å². The Morgan fingerprint density at radius 3 is 2.69 bits per heavy atom. The first-order chi connectivity index (χ1) is 13.8. The number of rotatable bonds is 7. The number of anilines is 1. The summed E-state index contributed by atoms with van der Waals surface area (Å²) in [5.41, 5.74) is 0.412. The molecular formula is C20H18F3N3O2S. The highest BCUT2D eigenvalue weighted by atomic mass is 32.1. The predicted molar refractivity (Wildman–Crippen MR) is 109 cm³/mol. The van der Waals surface area contributed by atoms with Crippen molar-refractivity contribution in [2.24, 2.45) is 5.16 Å². The quantitative estimate of drug-likeness (QED) is 0.366. The molecule has 0 unspecified atom stereocenters. The Kier molecular flexibility index (Phi) is 7.49. The van der Waals surface area contributed by atoms with Crippen LogP contribution in [-0.2, 0) is 11.0 Å². The van der Waals surface area contributed by atoms with Crippen LogP contribution in [0.25, 0.3) is 5.57 Å². The minimum Gasteiger partial charge on any atom is -0.399 e. The van der Waals surface area contributed by atoms with Crippen molar-refractivity contribution in [3.63, 3.8) is 0 Å². The molecule has 2 rings (SSSR count). The van der Waals surface area contributed by atoms with Gasteiger partial charge in [-0.1, -0.05) is 48.2 Å². The van der Waals surface area contributed by atoms with E-state index in [1.54, 1.807) is 48.6 Å². The van der Waals surface area contributed by atoms with E-state index in [4.69, 9.17) is 0 Å². The van der Waals surface area contributed by atoms with Crippen molar-refractivity contribution in [1.82, 2.24) is 4.98 Å². The van der Waals surface area contributed by atoms with Gasteiger partial charge < -0.3 is 10.2 Å². The third kappa shape index (κ3) is 5.89. The van der Waals surface area contributed by atoms with Crippen LogP contribution >= 0.6 is 11.3 Å². The summed E-state index contributed by atoms with van der Waals surface area (Å²) in [7, 11) is 1.42. The molecule has 2 aromatic rings. The number of nitrogens with one attached hydrogen (secondary N) is 1. The van der Waals surface area contributed by atoms with E-state index in [0.717, 1.165) is 0 Å². The molecule has 1 amide bonds. The Balaban J connectivity index is 2.35. The van der Waals surface area contributed by atoms with Gasteiger partial charge in [0.1, 0.15) is 12.0 Å². The van der Waals surface area contributed by atoms with Gasteiger partial charge in [-0.2, -0.15) is 13.2 Å². The third-order valence-electron chi connectivity index (χ3n) is 3.55. The van der Waals surface area contributed by atoms with Crippen LogP contribution in [-0.4, -0.2) is 24.2 Å². The summed E-state index contributed by atoms with van der Waals surface area (Å²) in [5.74, 6) is -0.874. The van der Waals surface area contributed by atoms with Gasteiger partial charge >= 0.3 is 6.18 Å². The summed E-state index contributed by atoms with van der Waals surface area (Å²) < 4.78 is 39.5. The third-order valence-corrected chi connectivity index (χ3v) is 4.52. The van der Waals surface area contributed by atoms with Crippen LogP contribution in [0.4, 0.5) is 18.9 Å². The number of halogens is 3. The molecule has 0 saturated carbocycles. The van der Waals surface area contributed by atoms with Crippen LogP contribution in [0, 0.1) is 6.92 Å². The van der Waals surface area contributed by atoms with Crippen molar-refractivity contribution in [1.29, 1.82) is 0 Å². The molecular weight excluding hydrogens is 403 g/mol. The summed E-state index contributed by atoms with van der Waals surface area (Å²) >= 11 is 0.695. The van der Waals surface area contributed by atoms with Crippen molar-refractivity contribution >= 4 is 34.7 Å². The minimum atomic E-state index is -4.71. The maximum atomic E-state index is 13.2. The molecule has 152 valence electrons. The standard InChI is InChI=1S/C20H18F3N3O2S/c1-4-14(9-7-8-12-24-28-3)15-10-5-6-11-16(15)26-19(27)17-18(20(21,22)23)25-13(2)29-17/h4-12H,1H2,2-3H3,(H,26,27)/b8-7+,14-9+,24-12+. The zero-order valence-electron chi connectivity index (χ0n) is 15.7. The van der Waals surface area contributed by atoms with Crippen LogP contribution in [0.2, 0.25) is 0 Å². The van der Waals surface area contributed by atoms with Crippen LogP contribution in [0.1, 0.15) is 25.9 Å². The first kappa shape index (κ1) is 22.1. The molecule has 1 aromatic carbocycles. The summed E-state index contributed by atoms with van der Waals surface area (Å²) in [4.78, 5) is 20.1. The second-order valence-electron chi connectivity index (χ2n) is 5.56. The maximum absolute atomic E-state index is 13.2. The number of thiazole rings is 1. The van der Waals surface area contributed by atoms with Crippen LogP contribution < -0.4 is 5.32 Å². The van der Waals surface area contributed by atoms with E-state index < -0.39 is 22.7 Å². The second kappa shape index (κ2) is 9.83. The molecule has 0 fully saturated rings. The molecule has 0 radical (unpaired) electrons. The number of aryl methyl sites for hydroxylation is 1. The molecule has 0 aliphatic heterocycles. The Morgan fingerprint density at radius 1 is 1.31 bits per heavy atom. The van der Waals surface area contributed by atoms with Crippen molar-refractivity contribution in [2.45, 2.75) is 13.1 Å². The lowest BCUT2D eigenvalue weighted by Gasteiger charge is -2.12. The summed E-state index contributed by atoms with van der Waals surface area (Å²) in [6.07, 6.45) is 3.34. The maximum Gasteiger partial charge on any atom is 0.435 e. The molecule has 1 heterocycles. The van der Waals surface area contributed by atoms with Crippen LogP contribution in [0.3, 0.4) is 0 Å². The first-order valence-corrected chi connectivity index (χ1v) is 9.10. The molecule has 0 atom stereocenters. The highest BCUT2D eigenvalue weighted by Crippen LogP contribution is 2.35. The lowest BCUT2D eigenvalue weighted by atomic mass is 10.0. The number of aromatic nitrogens is 1. The molecule has 0 spiro atoms. The van der Waals surface area contributed by atoms with Gasteiger partial charge in [-0.3, -0.25) is 4.79 Å². The molecule has 1 aromatic heterocycles. The average molecular weight is 421 g/mol. The zero-order valence-corrected chi connectivity index (χ0v) is 16.5. The molecule has 0 bridgehead atoms. The largest absolute Gasteiger partial charge is 0.435 e. The Morgan fingerprint density at radius 2 is 2.03 bits per heavy atom. The van der Waals surface area contributed by atoms with Gasteiger partial charge in [-0.05, 0) is 24.6 Å². The SMILES string of the molecule is C=C\C(=C/C=C/C=N/OC)c1ccccc1NC(=O)c1sc(C)nc1C(F)(F)F. The van der Waals surface area contributed by atoms with E-state index in [2.05, 4.69) is 26.9 Å². The van der Waals surface area contributed by atoms with Crippen molar-refractivity contribution in [2.75, 3.05) is 12.4 Å². The van der Waals surface area contributed by atoms with Gasteiger partial charge in [0.2, 0.25) is 0 Å². The molecule has 0 aliphatic rings. The fraction of sp³-hybridized carbons (Fsp3) is 0.150. The van der Waals surface area contributed by atoms with Crippen LogP contribution in [0.15, 0.2) is 60.3 Å². The Labute approximate surface area is 169 Å². The number of hydrogen-bond acceptors (Lipinski definition) is 5. The molecule has 5 nitrogen and oxygen atoms in total.